The lowest BCUT2D eigenvalue weighted by Crippen LogP contribution is -2.39. The Morgan fingerprint density at radius 2 is 2.25 bits per heavy atom. The number of hydrogen-bond acceptors (Lipinski definition) is 4. The summed E-state index contributed by atoms with van der Waals surface area (Å²) in [6, 6.07) is 2.04. The van der Waals surface area contributed by atoms with Crippen LogP contribution in [-0.2, 0) is 6.42 Å². The average Bonchev–Trinajstić information content (AvgIpc) is 2.15. The number of halogens is 1. The Labute approximate surface area is 100 Å². The standard InChI is InChI=1S/C11H16ClN3O/c1-2-3-10-14-9(12)6-11(15-10)13-7-4-8(16)5-7/h6-8,16H,2-5H2,1H3,(H,13,14,15). The van der Waals surface area contributed by atoms with Crippen molar-refractivity contribution in [1.29, 1.82) is 0 Å². The predicted molar refractivity (Wildman–Crippen MR) is 63.7 cm³/mol. The number of aliphatic hydroxyl groups is 1. The van der Waals surface area contributed by atoms with E-state index in [9.17, 15) is 5.11 Å². The van der Waals surface area contributed by atoms with Crippen LogP contribution in [0.1, 0.15) is 32.0 Å². The average molecular weight is 242 g/mol. The Morgan fingerprint density at radius 1 is 1.50 bits per heavy atom. The first-order valence-corrected chi connectivity index (χ1v) is 6.03. The maximum atomic E-state index is 9.19. The molecule has 2 rings (SSSR count). The molecule has 16 heavy (non-hydrogen) atoms. The van der Waals surface area contributed by atoms with Crippen molar-refractivity contribution < 1.29 is 5.11 Å². The molecule has 0 aromatic carbocycles. The monoisotopic (exact) mass is 241 g/mol. The second-order valence-electron chi connectivity index (χ2n) is 4.21. The zero-order valence-corrected chi connectivity index (χ0v) is 10.0. The molecule has 0 atom stereocenters. The molecular weight excluding hydrogens is 226 g/mol. The van der Waals surface area contributed by atoms with Crippen LogP contribution in [0.25, 0.3) is 0 Å². The third kappa shape index (κ3) is 2.83. The van der Waals surface area contributed by atoms with Gasteiger partial charge in [0.2, 0.25) is 0 Å². The van der Waals surface area contributed by atoms with E-state index in [1.807, 2.05) is 0 Å². The van der Waals surface area contributed by atoms with Crippen molar-refractivity contribution in [1.82, 2.24) is 9.97 Å². The lowest BCUT2D eigenvalue weighted by molar-refractivity contribution is 0.0835. The van der Waals surface area contributed by atoms with Gasteiger partial charge in [0.25, 0.3) is 0 Å². The molecule has 0 spiro atoms. The van der Waals surface area contributed by atoms with Gasteiger partial charge in [0.1, 0.15) is 16.8 Å². The van der Waals surface area contributed by atoms with E-state index in [1.54, 1.807) is 6.07 Å². The lowest BCUT2D eigenvalue weighted by atomic mass is 9.89. The van der Waals surface area contributed by atoms with Crippen molar-refractivity contribution in [3.05, 3.63) is 17.0 Å². The Balaban J connectivity index is 2.02. The Morgan fingerprint density at radius 3 is 2.88 bits per heavy atom. The van der Waals surface area contributed by atoms with E-state index in [4.69, 9.17) is 11.6 Å². The van der Waals surface area contributed by atoms with Crippen LogP contribution in [0.5, 0.6) is 0 Å². The van der Waals surface area contributed by atoms with Crippen molar-refractivity contribution >= 4 is 17.4 Å². The maximum Gasteiger partial charge on any atom is 0.134 e. The molecule has 1 saturated carbocycles. The molecule has 1 aromatic rings. The van der Waals surface area contributed by atoms with Gasteiger partial charge < -0.3 is 10.4 Å². The highest BCUT2D eigenvalue weighted by atomic mass is 35.5. The molecule has 0 unspecified atom stereocenters. The first-order chi connectivity index (χ1) is 7.67. The van der Waals surface area contributed by atoms with Crippen molar-refractivity contribution in [3.63, 3.8) is 0 Å². The van der Waals surface area contributed by atoms with Gasteiger partial charge in [0.15, 0.2) is 0 Å². The van der Waals surface area contributed by atoms with Crippen LogP contribution in [0.4, 0.5) is 5.82 Å². The number of aromatic nitrogens is 2. The normalized spacial score (nSPS) is 23.9. The summed E-state index contributed by atoms with van der Waals surface area (Å²) in [5, 5.41) is 12.9. The van der Waals surface area contributed by atoms with Crippen molar-refractivity contribution in [2.24, 2.45) is 0 Å². The van der Waals surface area contributed by atoms with Crippen LogP contribution in [0.15, 0.2) is 6.07 Å². The number of nitrogens with one attached hydrogen (secondary N) is 1. The van der Waals surface area contributed by atoms with Gasteiger partial charge in [-0.05, 0) is 19.3 Å². The van der Waals surface area contributed by atoms with Crippen LogP contribution in [0.2, 0.25) is 5.15 Å². The van der Waals surface area contributed by atoms with Gasteiger partial charge in [0.05, 0.1) is 6.10 Å². The fourth-order valence-corrected chi connectivity index (χ4v) is 1.99. The fraction of sp³-hybridized carbons (Fsp3) is 0.636. The minimum Gasteiger partial charge on any atom is -0.393 e. The molecule has 0 bridgehead atoms. The van der Waals surface area contributed by atoms with E-state index in [2.05, 4.69) is 22.2 Å². The molecule has 1 heterocycles. The van der Waals surface area contributed by atoms with Gasteiger partial charge in [0, 0.05) is 18.5 Å². The molecule has 88 valence electrons. The summed E-state index contributed by atoms with van der Waals surface area (Å²) >= 11 is 5.92. The van der Waals surface area contributed by atoms with Gasteiger partial charge >= 0.3 is 0 Å². The van der Waals surface area contributed by atoms with Gasteiger partial charge in [-0.1, -0.05) is 18.5 Å². The van der Waals surface area contributed by atoms with Crippen LogP contribution in [0, 0.1) is 0 Å². The highest BCUT2D eigenvalue weighted by Crippen LogP contribution is 2.24. The number of rotatable bonds is 4. The summed E-state index contributed by atoms with van der Waals surface area (Å²) in [6.45, 7) is 2.08. The lowest BCUT2D eigenvalue weighted by Gasteiger charge is -2.32. The highest BCUT2D eigenvalue weighted by molar-refractivity contribution is 6.29. The molecular formula is C11H16ClN3O. The van der Waals surface area contributed by atoms with E-state index in [0.717, 1.165) is 37.3 Å². The predicted octanol–water partition coefficient (Wildman–Crippen LogP) is 2.02. The Hall–Kier alpha value is -0.870. The van der Waals surface area contributed by atoms with E-state index in [-0.39, 0.29) is 6.10 Å². The van der Waals surface area contributed by atoms with Gasteiger partial charge in [-0.15, -0.1) is 0 Å². The van der Waals surface area contributed by atoms with E-state index in [0.29, 0.717) is 11.2 Å². The maximum absolute atomic E-state index is 9.19. The number of hydrogen-bond donors (Lipinski definition) is 2. The summed E-state index contributed by atoms with van der Waals surface area (Å²) < 4.78 is 0. The summed E-state index contributed by atoms with van der Waals surface area (Å²) in [7, 11) is 0. The zero-order valence-electron chi connectivity index (χ0n) is 9.28. The highest BCUT2D eigenvalue weighted by Gasteiger charge is 2.27. The van der Waals surface area contributed by atoms with E-state index in [1.165, 1.54) is 0 Å². The van der Waals surface area contributed by atoms with Crippen molar-refractivity contribution in [3.8, 4) is 0 Å². The number of nitrogens with zero attached hydrogens (tertiary/aromatic N) is 2. The molecule has 0 radical (unpaired) electrons. The minimum absolute atomic E-state index is 0.162. The molecule has 4 nitrogen and oxygen atoms in total. The third-order valence-electron chi connectivity index (χ3n) is 2.68. The quantitative estimate of drug-likeness (QED) is 0.792. The molecule has 0 amide bonds. The summed E-state index contributed by atoms with van der Waals surface area (Å²) in [5.74, 6) is 1.54. The molecule has 0 aliphatic heterocycles. The van der Waals surface area contributed by atoms with Gasteiger partial charge in [-0.2, -0.15) is 0 Å². The number of aliphatic hydroxyl groups excluding tert-OH is 1. The van der Waals surface area contributed by atoms with Gasteiger partial charge in [-0.3, -0.25) is 0 Å². The van der Waals surface area contributed by atoms with Crippen molar-refractivity contribution in [2.45, 2.75) is 44.8 Å². The molecule has 1 aromatic heterocycles. The third-order valence-corrected chi connectivity index (χ3v) is 2.87. The smallest absolute Gasteiger partial charge is 0.134 e. The Kier molecular flexibility index (Phi) is 3.61. The SMILES string of the molecule is CCCc1nc(Cl)cc(NC2CC(O)C2)n1. The van der Waals surface area contributed by atoms with Crippen molar-refractivity contribution in [2.75, 3.05) is 5.32 Å². The number of aryl methyl sites for hydroxylation is 1. The minimum atomic E-state index is -0.162. The molecule has 1 aliphatic rings. The summed E-state index contributed by atoms with van der Waals surface area (Å²) in [5.41, 5.74) is 0. The largest absolute Gasteiger partial charge is 0.393 e. The molecule has 5 heteroatoms. The molecule has 1 aliphatic carbocycles. The molecule has 1 fully saturated rings. The summed E-state index contributed by atoms with van der Waals surface area (Å²) in [6.07, 6.45) is 3.24. The van der Waals surface area contributed by atoms with E-state index >= 15 is 0 Å². The van der Waals surface area contributed by atoms with Crippen LogP contribution >= 0.6 is 11.6 Å². The number of anilines is 1. The van der Waals surface area contributed by atoms with Crippen LogP contribution < -0.4 is 5.32 Å². The van der Waals surface area contributed by atoms with E-state index < -0.39 is 0 Å². The first kappa shape index (κ1) is 11.6. The van der Waals surface area contributed by atoms with Gasteiger partial charge in [-0.25, -0.2) is 9.97 Å². The Bertz CT molecular complexity index is 366. The molecule has 0 saturated heterocycles. The van der Waals surface area contributed by atoms with Crippen LogP contribution in [0.3, 0.4) is 0 Å². The van der Waals surface area contributed by atoms with Crippen LogP contribution in [-0.4, -0.2) is 27.2 Å². The first-order valence-electron chi connectivity index (χ1n) is 5.65. The zero-order chi connectivity index (χ0) is 11.5. The molecule has 2 N–H and O–H groups in total. The topological polar surface area (TPSA) is 58.0 Å². The second-order valence-corrected chi connectivity index (χ2v) is 4.60. The fourth-order valence-electron chi connectivity index (χ4n) is 1.79. The second kappa shape index (κ2) is 4.97. The summed E-state index contributed by atoms with van der Waals surface area (Å²) in [4.78, 5) is 8.54.